The molecule has 1 amide bonds. The Morgan fingerprint density at radius 2 is 2.06 bits per heavy atom. The number of fused-ring (bicyclic) bond motifs is 1. The fraction of sp³-hybridized carbons (Fsp3) is 0.650. The molecule has 2 aromatic rings. The second kappa shape index (κ2) is 7.19. The van der Waals surface area contributed by atoms with Crippen LogP contribution in [0.5, 0.6) is 0 Å². The number of carbonyl (C=O) groups is 1. The summed E-state index contributed by atoms with van der Waals surface area (Å²) < 4.78 is 38.4. The third kappa shape index (κ3) is 3.82. The van der Waals surface area contributed by atoms with Crippen molar-refractivity contribution in [3.8, 4) is 0 Å². The second-order valence-electron chi connectivity index (χ2n) is 9.19. The number of halogens is 3. The molecular formula is C20H24F3N5O2S. The van der Waals surface area contributed by atoms with Crippen LogP contribution in [0.1, 0.15) is 18.2 Å². The smallest absolute Gasteiger partial charge is 0.407 e. The molecule has 168 valence electrons. The molecule has 0 aliphatic carbocycles. The summed E-state index contributed by atoms with van der Waals surface area (Å²) in [6.07, 6.45) is -3.56. The van der Waals surface area contributed by atoms with Crippen LogP contribution in [0.4, 0.5) is 23.8 Å². The van der Waals surface area contributed by atoms with Gasteiger partial charge in [-0.1, -0.05) is 0 Å². The van der Waals surface area contributed by atoms with E-state index in [1.54, 1.807) is 6.07 Å². The van der Waals surface area contributed by atoms with Crippen LogP contribution in [0.25, 0.3) is 10.2 Å². The van der Waals surface area contributed by atoms with Crippen LogP contribution in [-0.2, 0) is 6.42 Å². The highest BCUT2D eigenvalue weighted by Gasteiger charge is 2.51. The normalized spacial score (nSPS) is 22.7. The van der Waals surface area contributed by atoms with E-state index in [1.165, 1.54) is 11.2 Å². The van der Waals surface area contributed by atoms with Crippen LogP contribution in [-0.4, -0.2) is 82.5 Å². The van der Waals surface area contributed by atoms with E-state index in [4.69, 9.17) is 5.11 Å². The number of rotatable bonds is 4. The van der Waals surface area contributed by atoms with Crippen molar-refractivity contribution in [1.82, 2.24) is 19.8 Å². The summed E-state index contributed by atoms with van der Waals surface area (Å²) in [6, 6.07) is 1.94. The summed E-state index contributed by atoms with van der Waals surface area (Å²) in [5, 5.41) is 9.73. The Kier molecular flexibility index (Phi) is 4.81. The van der Waals surface area contributed by atoms with Crippen molar-refractivity contribution in [2.24, 2.45) is 11.3 Å². The summed E-state index contributed by atoms with van der Waals surface area (Å²) in [4.78, 5) is 26.5. The standard InChI is InChI=1S/C20H24F3N5O2S/c1-12(13-6-27(7-13)18(29)30)28-9-19(10-28)2-3-26(8-19)16-15-4-14(5-20(21,22)23)31-17(15)25-11-24-16/h4,11-13H,2-3,5-10H2,1H3,(H,29,30)/t12-/m0/s1. The fourth-order valence-electron chi connectivity index (χ4n) is 5.18. The quantitative estimate of drug-likeness (QED) is 0.763. The number of hydrogen-bond donors (Lipinski definition) is 1. The lowest BCUT2D eigenvalue weighted by Crippen LogP contribution is -2.65. The Morgan fingerprint density at radius 1 is 1.32 bits per heavy atom. The van der Waals surface area contributed by atoms with Gasteiger partial charge in [0.05, 0.1) is 11.8 Å². The van der Waals surface area contributed by atoms with Crippen LogP contribution < -0.4 is 4.90 Å². The monoisotopic (exact) mass is 455 g/mol. The average molecular weight is 456 g/mol. The molecule has 11 heteroatoms. The number of aromatic nitrogens is 2. The summed E-state index contributed by atoms with van der Waals surface area (Å²) in [7, 11) is 0. The van der Waals surface area contributed by atoms with E-state index in [2.05, 4.69) is 26.7 Å². The lowest BCUT2D eigenvalue weighted by atomic mass is 9.76. The molecule has 0 aromatic carbocycles. The molecule has 2 aromatic heterocycles. The van der Waals surface area contributed by atoms with Crippen molar-refractivity contribution < 1.29 is 23.1 Å². The minimum Gasteiger partial charge on any atom is -0.465 e. The van der Waals surface area contributed by atoms with E-state index in [0.717, 1.165) is 49.8 Å². The van der Waals surface area contributed by atoms with Crippen molar-refractivity contribution in [3.05, 3.63) is 17.3 Å². The first-order valence-corrected chi connectivity index (χ1v) is 11.2. The zero-order valence-corrected chi connectivity index (χ0v) is 17.9. The summed E-state index contributed by atoms with van der Waals surface area (Å²) in [5.41, 5.74) is 0.173. The molecule has 5 rings (SSSR count). The van der Waals surface area contributed by atoms with Crippen molar-refractivity contribution in [1.29, 1.82) is 0 Å². The topological polar surface area (TPSA) is 72.8 Å². The predicted molar refractivity (Wildman–Crippen MR) is 111 cm³/mol. The van der Waals surface area contributed by atoms with Crippen LogP contribution in [0.3, 0.4) is 0 Å². The van der Waals surface area contributed by atoms with Gasteiger partial charge in [-0.2, -0.15) is 13.2 Å². The Hall–Kier alpha value is -2.14. The van der Waals surface area contributed by atoms with Crippen LogP contribution in [0.2, 0.25) is 0 Å². The van der Waals surface area contributed by atoms with Gasteiger partial charge in [0.25, 0.3) is 0 Å². The van der Waals surface area contributed by atoms with Crippen LogP contribution in [0, 0.1) is 11.3 Å². The van der Waals surface area contributed by atoms with Gasteiger partial charge in [0, 0.05) is 61.5 Å². The minimum atomic E-state index is -4.24. The lowest BCUT2D eigenvalue weighted by Gasteiger charge is -2.54. The number of carboxylic acid groups (broad SMARTS) is 1. The minimum absolute atomic E-state index is 0.173. The molecule has 5 heterocycles. The van der Waals surface area contributed by atoms with Crippen LogP contribution in [0.15, 0.2) is 12.4 Å². The van der Waals surface area contributed by atoms with Gasteiger partial charge < -0.3 is 14.9 Å². The summed E-state index contributed by atoms with van der Waals surface area (Å²) in [6.45, 7) is 6.96. The molecule has 0 unspecified atom stereocenters. The molecule has 0 radical (unpaired) electrons. The van der Waals surface area contributed by atoms with Gasteiger partial charge in [0.1, 0.15) is 17.0 Å². The Labute approximate surface area is 181 Å². The predicted octanol–water partition coefficient (Wildman–Crippen LogP) is 3.31. The van der Waals surface area contributed by atoms with E-state index in [0.29, 0.717) is 35.3 Å². The van der Waals surface area contributed by atoms with Crippen LogP contribution >= 0.6 is 11.3 Å². The zero-order valence-electron chi connectivity index (χ0n) is 17.1. The maximum absolute atomic E-state index is 12.8. The molecular weight excluding hydrogens is 431 g/mol. The van der Waals surface area contributed by atoms with Crippen molar-refractivity contribution in [2.45, 2.75) is 32.0 Å². The SMILES string of the molecule is C[C@@H](C1CN(C(=O)O)C1)N1CC2(CCN(c3ncnc4sc(CC(F)(F)F)cc34)C2)C1. The first kappa shape index (κ1) is 20.7. The number of anilines is 1. The molecule has 1 spiro atoms. The molecule has 1 atom stereocenters. The number of thiophene rings is 1. The highest BCUT2D eigenvalue weighted by Crippen LogP contribution is 2.44. The molecule has 3 saturated heterocycles. The first-order chi connectivity index (χ1) is 14.6. The second-order valence-corrected chi connectivity index (χ2v) is 10.3. The van der Waals surface area contributed by atoms with E-state index in [-0.39, 0.29) is 10.3 Å². The van der Waals surface area contributed by atoms with Crippen molar-refractivity contribution >= 4 is 33.5 Å². The number of amides is 1. The van der Waals surface area contributed by atoms with Gasteiger partial charge in [-0.15, -0.1) is 11.3 Å². The van der Waals surface area contributed by atoms with Gasteiger partial charge >= 0.3 is 12.3 Å². The maximum Gasteiger partial charge on any atom is 0.407 e. The van der Waals surface area contributed by atoms with E-state index < -0.39 is 18.7 Å². The van der Waals surface area contributed by atoms with Crippen molar-refractivity contribution in [2.75, 3.05) is 44.2 Å². The molecule has 3 fully saturated rings. The molecule has 1 N–H and O–H groups in total. The molecule has 7 nitrogen and oxygen atoms in total. The number of likely N-dealkylation sites (tertiary alicyclic amines) is 2. The Bertz CT molecular complexity index is 1000. The molecule has 0 bridgehead atoms. The highest BCUT2D eigenvalue weighted by molar-refractivity contribution is 7.18. The Morgan fingerprint density at radius 3 is 2.74 bits per heavy atom. The van der Waals surface area contributed by atoms with Gasteiger partial charge in [-0.05, 0) is 19.4 Å². The summed E-state index contributed by atoms with van der Waals surface area (Å²) >= 11 is 1.08. The third-order valence-electron chi connectivity index (χ3n) is 6.99. The molecule has 0 saturated carbocycles. The largest absolute Gasteiger partial charge is 0.465 e. The zero-order chi connectivity index (χ0) is 22.0. The number of hydrogen-bond acceptors (Lipinski definition) is 6. The van der Waals surface area contributed by atoms with Gasteiger partial charge in [0.2, 0.25) is 0 Å². The number of nitrogens with zero attached hydrogens (tertiary/aromatic N) is 5. The van der Waals surface area contributed by atoms with Crippen molar-refractivity contribution in [3.63, 3.8) is 0 Å². The molecule has 31 heavy (non-hydrogen) atoms. The lowest BCUT2D eigenvalue weighted by molar-refractivity contribution is -0.126. The fourth-order valence-corrected chi connectivity index (χ4v) is 6.20. The maximum atomic E-state index is 12.8. The van der Waals surface area contributed by atoms with Gasteiger partial charge in [-0.25, -0.2) is 14.8 Å². The van der Waals surface area contributed by atoms with E-state index in [9.17, 15) is 18.0 Å². The molecule has 3 aliphatic rings. The number of alkyl halides is 3. The average Bonchev–Trinajstić information content (AvgIpc) is 3.20. The Balaban J connectivity index is 1.23. The summed E-state index contributed by atoms with van der Waals surface area (Å²) in [5.74, 6) is 1.11. The van der Waals surface area contributed by atoms with Gasteiger partial charge in [0.15, 0.2) is 0 Å². The van der Waals surface area contributed by atoms with E-state index in [1.807, 2.05) is 0 Å². The van der Waals surface area contributed by atoms with Gasteiger partial charge in [-0.3, -0.25) is 4.90 Å². The first-order valence-electron chi connectivity index (χ1n) is 10.4. The molecule has 3 aliphatic heterocycles. The highest BCUT2D eigenvalue weighted by atomic mass is 32.1. The third-order valence-corrected chi connectivity index (χ3v) is 8.03. The van der Waals surface area contributed by atoms with E-state index >= 15 is 0 Å².